The Morgan fingerprint density at radius 3 is 2.26 bits per heavy atom. The first-order chi connectivity index (χ1) is 8.79. The average molecular weight is 263 g/mol. The van der Waals surface area contributed by atoms with Gasteiger partial charge in [-0.1, -0.05) is 45.0 Å². The molecule has 0 aliphatic rings. The molecule has 0 aromatic heterocycles. The van der Waals surface area contributed by atoms with Gasteiger partial charge < -0.3 is 14.8 Å². The third-order valence-corrected chi connectivity index (χ3v) is 3.31. The summed E-state index contributed by atoms with van der Waals surface area (Å²) in [5, 5.41) is 10.4. The maximum atomic E-state index is 10.4. The molecule has 1 rings (SSSR count). The molecule has 0 radical (unpaired) electrons. The van der Waals surface area contributed by atoms with Gasteiger partial charge in [0.1, 0.15) is 6.54 Å². The van der Waals surface area contributed by atoms with Crippen molar-refractivity contribution in [3.63, 3.8) is 0 Å². The van der Waals surface area contributed by atoms with Crippen LogP contribution in [0, 0.1) is 0 Å². The highest BCUT2D eigenvalue weighted by atomic mass is 16.4. The van der Waals surface area contributed by atoms with Gasteiger partial charge in [0, 0.05) is 18.0 Å². The standard InChI is InChI=1S/C16H25NO2/c1-16(2,3)14-9-7-13(8-10-14)12-17(4)11-5-6-15(18)19/h7-10H,5-6,11-12H2,1-4H3,(H,18,19). The first kappa shape index (κ1) is 15.7. The van der Waals surface area contributed by atoms with E-state index in [1.165, 1.54) is 16.0 Å². The molecule has 0 bridgehead atoms. The summed E-state index contributed by atoms with van der Waals surface area (Å²) in [6.45, 7) is 8.41. The minimum atomic E-state index is -0.956. The number of carbonyl (C=O) groups is 1. The number of hydrogen-bond acceptors (Lipinski definition) is 2. The third kappa shape index (κ3) is 5.88. The van der Waals surface area contributed by atoms with Crippen LogP contribution >= 0.6 is 0 Å². The van der Waals surface area contributed by atoms with E-state index in [1.54, 1.807) is 0 Å². The van der Waals surface area contributed by atoms with Crippen molar-refractivity contribution in [1.82, 2.24) is 0 Å². The van der Waals surface area contributed by atoms with Gasteiger partial charge in [-0.25, -0.2) is 0 Å². The van der Waals surface area contributed by atoms with Gasteiger partial charge in [-0.3, -0.25) is 0 Å². The second kappa shape index (κ2) is 6.71. The van der Waals surface area contributed by atoms with Gasteiger partial charge in [0.05, 0.1) is 13.6 Å². The molecule has 0 aliphatic heterocycles. The van der Waals surface area contributed by atoms with Gasteiger partial charge >= 0.3 is 0 Å². The van der Waals surface area contributed by atoms with E-state index < -0.39 is 5.97 Å². The lowest BCUT2D eigenvalue weighted by molar-refractivity contribution is -0.893. The lowest BCUT2D eigenvalue weighted by Gasteiger charge is -2.20. The molecule has 1 unspecified atom stereocenters. The van der Waals surface area contributed by atoms with Crippen LogP contribution in [0.1, 0.15) is 44.7 Å². The molecule has 1 atom stereocenters. The lowest BCUT2D eigenvalue weighted by Crippen LogP contribution is -3.07. The van der Waals surface area contributed by atoms with Crippen molar-refractivity contribution < 1.29 is 14.8 Å². The normalized spacial score (nSPS) is 13.3. The van der Waals surface area contributed by atoms with E-state index in [-0.39, 0.29) is 11.8 Å². The zero-order valence-electron chi connectivity index (χ0n) is 12.5. The van der Waals surface area contributed by atoms with Crippen LogP contribution in [0.15, 0.2) is 24.3 Å². The van der Waals surface area contributed by atoms with Crippen molar-refractivity contribution >= 4 is 5.97 Å². The zero-order chi connectivity index (χ0) is 14.5. The number of quaternary nitrogens is 1. The molecule has 0 aliphatic carbocycles. The molecule has 19 heavy (non-hydrogen) atoms. The molecule has 0 saturated carbocycles. The Labute approximate surface area is 116 Å². The fraction of sp³-hybridized carbons (Fsp3) is 0.562. The summed E-state index contributed by atoms with van der Waals surface area (Å²) < 4.78 is 0. The largest absolute Gasteiger partial charge is 0.550 e. The number of carboxylic acid groups (broad SMARTS) is 1. The van der Waals surface area contributed by atoms with Crippen LogP contribution in [0.5, 0.6) is 0 Å². The van der Waals surface area contributed by atoms with Crippen LogP contribution in [-0.4, -0.2) is 19.6 Å². The molecule has 1 N–H and O–H groups in total. The SMILES string of the molecule is C[NH+](CCCC(=O)[O-])Cc1ccc(C(C)(C)C)cc1. The third-order valence-electron chi connectivity index (χ3n) is 3.31. The van der Waals surface area contributed by atoms with Crippen molar-refractivity contribution in [1.29, 1.82) is 0 Å². The van der Waals surface area contributed by atoms with Crippen LogP contribution in [0.4, 0.5) is 0 Å². The van der Waals surface area contributed by atoms with Crippen LogP contribution in [0.2, 0.25) is 0 Å². The Kier molecular flexibility index (Phi) is 5.55. The quantitative estimate of drug-likeness (QED) is 0.813. The Balaban J connectivity index is 2.47. The molecular formula is C16H25NO2. The fourth-order valence-electron chi connectivity index (χ4n) is 2.09. The average Bonchev–Trinajstić information content (AvgIpc) is 2.27. The lowest BCUT2D eigenvalue weighted by atomic mass is 9.87. The summed E-state index contributed by atoms with van der Waals surface area (Å²) in [5.74, 6) is -0.956. The second-order valence-corrected chi connectivity index (χ2v) is 6.31. The number of rotatable bonds is 6. The molecule has 0 spiro atoms. The number of hydrogen-bond donors (Lipinski definition) is 1. The number of carboxylic acids is 1. The van der Waals surface area contributed by atoms with Gasteiger partial charge in [-0.05, 0) is 17.4 Å². The van der Waals surface area contributed by atoms with E-state index in [2.05, 4.69) is 52.1 Å². The van der Waals surface area contributed by atoms with Crippen LogP contribution in [0.3, 0.4) is 0 Å². The van der Waals surface area contributed by atoms with Gasteiger partial charge in [-0.15, -0.1) is 0 Å². The first-order valence-electron chi connectivity index (χ1n) is 6.89. The molecular weight excluding hydrogens is 238 g/mol. The predicted molar refractivity (Wildman–Crippen MR) is 74.8 cm³/mol. The molecule has 3 heteroatoms. The molecule has 0 fully saturated rings. The molecule has 0 heterocycles. The molecule has 0 amide bonds. The van der Waals surface area contributed by atoms with Crippen LogP contribution in [-0.2, 0) is 16.8 Å². The van der Waals surface area contributed by atoms with E-state index in [0.29, 0.717) is 6.42 Å². The summed E-state index contributed by atoms with van der Waals surface area (Å²) in [6, 6.07) is 8.71. The maximum Gasteiger partial charge on any atom is 0.103 e. The van der Waals surface area contributed by atoms with Gasteiger partial charge in [0.15, 0.2) is 0 Å². The van der Waals surface area contributed by atoms with Crippen LogP contribution in [0.25, 0.3) is 0 Å². The van der Waals surface area contributed by atoms with Crippen molar-refractivity contribution in [2.75, 3.05) is 13.6 Å². The van der Waals surface area contributed by atoms with Crippen molar-refractivity contribution in [3.05, 3.63) is 35.4 Å². The summed E-state index contributed by atoms with van der Waals surface area (Å²) in [6.07, 6.45) is 0.828. The topological polar surface area (TPSA) is 44.6 Å². The van der Waals surface area contributed by atoms with Gasteiger partial charge in [-0.2, -0.15) is 0 Å². The smallest absolute Gasteiger partial charge is 0.103 e. The fourth-order valence-corrected chi connectivity index (χ4v) is 2.09. The van der Waals surface area contributed by atoms with E-state index in [1.807, 2.05) is 0 Å². The number of aliphatic carboxylic acids is 1. The van der Waals surface area contributed by atoms with Crippen LogP contribution < -0.4 is 10.0 Å². The minimum absolute atomic E-state index is 0.153. The molecule has 3 nitrogen and oxygen atoms in total. The minimum Gasteiger partial charge on any atom is -0.550 e. The summed E-state index contributed by atoms with van der Waals surface area (Å²) >= 11 is 0. The molecule has 106 valence electrons. The second-order valence-electron chi connectivity index (χ2n) is 6.31. The van der Waals surface area contributed by atoms with Crippen molar-refractivity contribution in [2.24, 2.45) is 0 Å². The Hall–Kier alpha value is -1.35. The summed E-state index contributed by atoms with van der Waals surface area (Å²) in [5.41, 5.74) is 2.82. The van der Waals surface area contributed by atoms with Crippen molar-refractivity contribution in [2.45, 2.75) is 45.6 Å². The zero-order valence-corrected chi connectivity index (χ0v) is 12.5. The monoisotopic (exact) mass is 263 g/mol. The molecule has 1 aromatic carbocycles. The van der Waals surface area contributed by atoms with E-state index in [4.69, 9.17) is 0 Å². The number of carbonyl (C=O) groups excluding carboxylic acids is 1. The Morgan fingerprint density at radius 1 is 1.21 bits per heavy atom. The highest BCUT2D eigenvalue weighted by Gasteiger charge is 2.13. The van der Waals surface area contributed by atoms with Gasteiger partial charge in [0.25, 0.3) is 0 Å². The number of benzene rings is 1. The molecule has 0 saturated heterocycles. The Bertz CT molecular complexity index is 404. The first-order valence-corrected chi connectivity index (χ1v) is 6.89. The van der Waals surface area contributed by atoms with E-state index in [9.17, 15) is 9.90 Å². The predicted octanol–water partition coefficient (Wildman–Crippen LogP) is 0.529. The van der Waals surface area contributed by atoms with Crippen molar-refractivity contribution in [3.8, 4) is 0 Å². The maximum absolute atomic E-state index is 10.4. The summed E-state index contributed by atoms with van der Waals surface area (Å²) in [7, 11) is 2.09. The van der Waals surface area contributed by atoms with Gasteiger partial charge in [0.2, 0.25) is 0 Å². The summed E-state index contributed by atoms with van der Waals surface area (Å²) in [4.78, 5) is 11.7. The van der Waals surface area contributed by atoms with E-state index in [0.717, 1.165) is 13.1 Å². The highest BCUT2D eigenvalue weighted by molar-refractivity contribution is 5.64. The van der Waals surface area contributed by atoms with E-state index >= 15 is 0 Å². The highest BCUT2D eigenvalue weighted by Crippen LogP contribution is 2.21. The molecule has 1 aromatic rings. The Morgan fingerprint density at radius 2 is 1.79 bits per heavy atom. The number of nitrogens with one attached hydrogen (secondary N) is 1.